The van der Waals surface area contributed by atoms with Crippen molar-refractivity contribution in [2.45, 2.75) is 90.8 Å². The molecule has 2 rings (SSSR count). The van der Waals surface area contributed by atoms with Gasteiger partial charge in [0.2, 0.25) is 0 Å². The van der Waals surface area contributed by atoms with Gasteiger partial charge in [-0.25, -0.2) is 9.59 Å². The van der Waals surface area contributed by atoms with E-state index in [1.807, 2.05) is 26.8 Å². The number of allylic oxidation sites excluding steroid dienone is 5. The third kappa shape index (κ3) is 8.87. The Labute approximate surface area is 225 Å². The van der Waals surface area contributed by atoms with Crippen molar-refractivity contribution in [1.29, 1.82) is 0 Å². The highest BCUT2D eigenvalue weighted by Gasteiger charge is 2.36. The van der Waals surface area contributed by atoms with Gasteiger partial charge in [0.15, 0.2) is 5.78 Å². The van der Waals surface area contributed by atoms with Crippen molar-refractivity contribution in [3.8, 4) is 5.75 Å². The Hall–Kier alpha value is -3.39. The van der Waals surface area contributed by atoms with Gasteiger partial charge in [0.25, 0.3) is 0 Å². The summed E-state index contributed by atoms with van der Waals surface area (Å²) in [6.07, 6.45) is 15.1. The Balaban J connectivity index is 2.03. The van der Waals surface area contributed by atoms with Crippen molar-refractivity contribution in [3.63, 3.8) is 0 Å². The summed E-state index contributed by atoms with van der Waals surface area (Å²) in [5, 5.41) is 13.0. The lowest BCUT2D eigenvalue weighted by Crippen LogP contribution is -2.25. The molecule has 38 heavy (non-hydrogen) atoms. The van der Waals surface area contributed by atoms with Crippen LogP contribution < -0.4 is 10.9 Å². The number of nitrogens with one attached hydrogen (secondary N) is 1. The number of amides is 1. The van der Waals surface area contributed by atoms with Gasteiger partial charge in [0.05, 0.1) is 18.8 Å². The maximum Gasteiger partial charge on any atom is 0.410 e. The zero-order valence-electron chi connectivity index (χ0n) is 23.3. The van der Waals surface area contributed by atoms with Gasteiger partial charge in [-0.2, -0.15) is 0 Å². The van der Waals surface area contributed by atoms with Gasteiger partial charge in [0.1, 0.15) is 17.1 Å². The summed E-state index contributed by atoms with van der Waals surface area (Å²) >= 11 is 0. The van der Waals surface area contributed by atoms with E-state index in [1.165, 1.54) is 24.9 Å². The van der Waals surface area contributed by atoms with Gasteiger partial charge in [-0.05, 0) is 77.4 Å². The number of hydrogen-bond donors (Lipinski definition) is 2. The van der Waals surface area contributed by atoms with Crippen LogP contribution in [0.25, 0.3) is 0 Å². The maximum absolute atomic E-state index is 13.0. The number of Topliss-reactive ketones (excluding diaryl/α,β-unsaturated/α-hetero) is 1. The molecule has 8 heteroatoms. The van der Waals surface area contributed by atoms with Gasteiger partial charge in [0, 0.05) is 18.2 Å². The van der Waals surface area contributed by atoms with Crippen LogP contribution in [0.2, 0.25) is 0 Å². The summed E-state index contributed by atoms with van der Waals surface area (Å²) in [7, 11) is 1.28. The molecule has 0 aromatic carbocycles. The van der Waals surface area contributed by atoms with Crippen LogP contribution in [0.5, 0.6) is 5.75 Å². The minimum Gasteiger partial charge on any atom is -0.507 e. The highest BCUT2D eigenvalue weighted by Crippen LogP contribution is 2.36. The molecule has 0 bridgehead atoms. The number of aromatic hydroxyl groups is 1. The van der Waals surface area contributed by atoms with Crippen LogP contribution in [0, 0.1) is 0 Å². The van der Waals surface area contributed by atoms with Crippen molar-refractivity contribution in [2.24, 2.45) is 0 Å². The lowest BCUT2D eigenvalue weighted by atomic mass is 9.94. The number of alkyl carbamates (subject to hydrolysis) is 1. The Morgan fingerprint density at radius 3 is 2.68 bits per heavy atom. The number of methoxy groups -OCH3 is 1. The SMILES string of the molecule is C/C=C/C/C=C(/C)C1CCC(C)(C/C=C(\C)C(=O)c2c(O)cc([C@H](C)CC/C=C/NC(=O)OC)oc2=O)O1. The number of carbonyl (C=O) groups excluding carboxylic acids is 2. The van der Waals surface area contributed by atoms with E-state index in [1.54, 1.807) is 19.1 Å². The topological polar surface area (TPSA) is 115 Å². The first-order valence-electron chi connectivity index (χ1n) is 13.0. The lowest BCUT2D eigenvalue weighted by Gasteiger charge is -2.24. The average molecular weight is 528 g/mol. The molecule has 208 valence electrons. The molecule has 0 spiro atoms. The lowest BCUT2D eigenvalue weighted by molar-refractivity contribution is -0.0114. The molecule has 1 fully saturated rings. The summed E-state index contributed by atoms with van der Waals surface area (Å²) in [5.41, 5.74) is -0.0817. The van der Waals surface area contributed by atoms with Crippen molar-refractivity contribution in [1.82, 2.24) is 5.32 Å². The molecule has 2 unspecified atom stereocenters. The Bertz CT molecular complexity index is 1160. The third-order valence-corrected chi connectivity index (χ3v) is 6.81. The molecule has 1 saturated heterocycles. The Morgan fingerprint density at radius 1 is 1.29 bits per heavy atom. The van der Waals surface area contributed by atoms with Gasteiger partial charge < -0.3 is 19.0 Å². The van der Waals surface area contributed by atoms with Crippen molar-refractivity contribution < 1.29 is 28.6 Å². The van der Waals surface area contributed by atoms with Gasteiger partial charge in [-0.15, -0.1) is 0 Å². The predicted octanol–water partition coefficient (Wildman–Crippen LogP) is 6.47. The summed E-state index contributed by atoms with van der Waals surface area (Å²) < 4.78 is 16.2. The van der Waals surface area contributed by atoms with Crippen LogP contribution in [0.1, 0.15) is 95.2 Å². The fourth-order valence-corrected chi connectivity index (χ4v) is 4.26. The van der Waals surface area contributed by atoms with Crippen LogP contribution in [-0.4, -0.2) is 35.8 Å². The van der Waals surface area contributed by atoms with Crippen molar-refractivity contribution in [2.75, 3.05) is 7.11 Å². The molecule has 0 saturated carbocycles. The second-order valence-corrected chi connectivity index (χ2v) is 9.98. The normalized spacial score (nSPS) is 21.3. The van der Waals surface area contributed by atoms with E-state index >= 15 is 0 Å². The Morgan fingerprint density at radius 2 is 2.03 bits per heavy atom. The first-order chi connectivity index (χ1) is 18.0. The predicted molar refractivity (Wildman–Crippen MR) is 147 cm³/mol. The van der Waals surface area contributed by atoms with E-state index in [0.29, 0.717) is 24.8 Å². The zero-order chi connectivity index (χ0) is 28.3. The van der Waals surface area contributed by atoms with E-state index in [-0.39, 0.29) is 23.3 Å². The quantitative estimate of drug-likeness (QED) is 0.182. The van der Waals surface area contributed by atoms with E-state index in [9.17, 15) is 19.5 Å². The monoisotopic (exact) mass is 527 g/mol. The van der Waals surface area contributed by atoms with E-state index in [2.05, 4.69) is 29.1 Å². The average Bonchev–Trinajstić information content (AvgIpc) is 3.28. The molecule has 8 nitrogen and oxygen atoms in total. The molecular formula is C30H41NO7. The number of ketones is 1. The first kappa shape index (κ1) is 30.8. The molecule has 1 aromatic heterocycles. The highest BCUT2D eigenvalue weighted by atomic mass is 16.5. The molecule has 1 amide bonds. The molecule has 2 heterocycles. The van der Waals surface area contributed by atoms with Crippen molar-refractivity contribution in [3.05, 3.63) is 75.5 Å². The number of carbonyl (C=O) groups is 2. The van der Waals surface area contributed by atoms with Crippen LogP contribution in [0.4, 0.5) is 4.79 Å². The van der Waals surface area contributed by atoms with Gasteiger partial charge in [-0.3, -0.25) is 10.1 Å². The third-order valence-electron chi connectivity index (χ3n) is 6.81. The Kier molecular flexibility index (Phi) is 11.8. The fraction of sp³-hybridized carbons (Fsp3) is 0.500. The minimum atomic E-state index is -0.863. The van der Waals surface area contributed by atoms with Crippen LogP contribution in [-0.2, 0) is 9.47 Å². The van der Waals surface area contributed by atoms with Crippen LogP contribution in [0.3, 0.4) is 0 Å². The van der Waals surface area contributed by atoms with E-state index in [0.717, 1.165) is 19.3 Å². The van der Waals surface area contributed by atoms with Crippen molar-refractivity contribution >= 4 is 11.9 Å². The molecule has 2 N–H and O–H groups in total. The molecule has 3 atom stereocenters. The summed E-state index contributed by atoms with van der Waals surface area (Å²) in [6.45, 7) is 9.58. The zero-order valence-corrected chi connectivity index (χ0v) is 23.3. The molecule has 0 aliphatic carbocycles. The largest absolute Gasteiger partial charge is 0.507 e. The summed E-state index contributed by atoms with van der Waals surface area (Å²) in [4.78, 5) is 36.7. The molecular weight excluding hydrogens is 486 g/mol. The maximum atomic E-state index is 13.0. The van der Waals surface area contributed by atoms with Gasteiger partial charge in [-0.1, -0.05) is 37.3 Å². The van der Waals surface area contributed by atoms with Crippen LogP contribution in [0.15, 0.2) is 63.0 Å². The number of ether oxygens (including phenoxy) is 2. The first-order valence-corrected chi connectivity index (χ1v) is 13.0. The van der Waals surface area contributed by atoms with E-state index < -0.39 is 28.9 Å². The highest BCUT2D eigenvalue weighted by molar-refractivity contribution is 6.09. The number of hydrogen-bond acceptors (Lipinski definition) is 7. The van der Waals surface area contributed by atoms with E-state index in [4.69, 9.17) is 9.15 Å². The summed E-state index contributed by atoms with van der Waals surface area (Å²) in [6, 6.07) is 1.33. The fourth-order valence-electron chi connectivity index (χ4n) is 4.26. The summed E-state index contributed by atoms with van der Waals surface area (Å²) in [5.74, 6) is -0.863. The van der Waals surface area contributed by atoms with Gasteiger partial charge >= 0.3 is 11.7 Å². The number of rotatable bonds is 12. The minimum absolute atomic E-state index is 0.0555. The molecule has 1 aliphatic rings. The standard InChI is InChI=1S/C30H41NO7/c1-7-8-9-12-20(2)24-15-17-30(5,38-24)16-14-22(4)27(33)26-23(32)19-25(37-28(26)34)21(3)13-10-11-18-31-29(35)36-6/h7-8,11-12,14,18-19,21,24,32H,9-10,13,15-17H2,1-6H3,(H,31,35)/b8-7+,18-11+,20-12-,22-14+/t21-,24?,30?/m1/s1. The molecule has 1 aliphatic heterocycles. The van der Waals surface area contributed by atoms with Crippen LogP contribution >= 0.6 is 0 Å². The second-order valence-electron chi connectivity index (χ2n) is 9.98. The smallest absolute Gasteiger partial charge is 0.410 e. The molecule has 1 aromatic rings. The second kappa shape index (κ2) is 14.5. The molecule has 0 radical (unpaired) electrons.